The second-order valence-electron chi connectivity index (χ2n) is 39.3. The topological polar surface area (TPSA) is 521 Å². The summed E-state index contributed by atoms with van der Waals surface area (Å²) in [5, 5.41) is 133. The van der Waals surface area contributed by atoms with Gasteiger partial charge in [-0.2, -0.15) is 19.9 Å². The van der Waals surface area contributed by atoms with Gasteiger partial charge in [0.15, 0.2) is 0 Å². The van der Waals surface area contributed by atoms with E-state index in [1.54, 1.807) is 45.5 Å². The Labute approximate surface area is 828 Å². The average Bonchev–Trinajstić information content (AvgIpc) is 1.59. The fourth-order valence-electron chi connectivity index (χ4n) is 21.5. The first-order valence-electron chi connectivity index (χ1n) is 48.3. The van der Waals surface area contributed by atoms with E-state index in [0.717, 1.165) is 47.4 Å². The monoisotopic (exact) mass is 2020 g/mol. The van der Waals surface area contributed by atoms with E-state index in [2.05, 4.69) is 52.5 Å². The third-order valence-electron chi connectivity index (χ3n) is 29.6. The summed E-state index contributed by atoms with van der Waals surface area (Å²) in [4.78, 5) is 79.2. The van der Waals surface area contributed by atoms with Crippen molar-refractivity contribution in [1.29, 1.82) is 0 Å². The minimum atomic E-state index is -2.80. The number of rotatable bonds is 37. The van der Waals surface area contributed by atoms with Gasteiger partial charge in [-0.1, -0.05) is 13.0 Å². The highest BCUT2D eigenvalue weighted by molar-refractivity contribution is 7.23. The van der Waals surface area contributed by atoms with Gasteiger partial charge in [-0.15, -0.1) is 45.3 Å². The van der Waals surface area contributed by atoms with E-state index in [4.69, 9.17) is 88.7 Å². The number of aromatic nitrogens is 16. The Balaban J connectivity index is 0.553. The van der Waals surface area contributed by atoms with Crippen LogP contribution in [0.4, 0.5) is 64.6 Å². The zero-order valence-electron chi connectivity index (χ0n) is 78.8. The summed E-state index contributed by atoms with van der Waals surface area (Å²) < 4.78 is 88.2. The largest absolute Gasteiger partial charge is 0.470 e. The summed E-state index contributed by atoms with van der Waals surface area (Å²) in [6.45, 7) is 10.5. The number of aryl methyl sites for hydroxylation is 6. The number of thiazole rings is 4. The van der Waals surface area contributed by atoms with E-state index in [0.29, 0.717) is 162 Å². The number of hydrogen-bond donors (Lipinski definition) is 17. The van der Waals surface area contributed by atoms with Gasteiger partial charge in [-0.05, 0) is 165 Å². The molecular formula is C97H112F4N24O13S4. The lowest BCUT2D eigenvalue weighted by Crippen LogP contribution is -2.40. The Kier molecular flexibility index (Phi) is 27.2. The molecule has 12 heterocycles. The van der Waals surface area contributed by atoms with E-state index in [-0.39, 0.29) is 123 Å². The highest BCUT2D eigenvalue weighted by Gasteiger charge is 2.54. The van der Waals surface area contributed by atoms with E-state index in [1.165, 1.54) is 83.3 Å². The van der Waals surface area contributed by atoms with Gasteiger partial charge in [0.25, 0.3) is 0 Å². The van der Waals surface area contributed by atoms with Crippen LogP contribution in [-0.2, 0) is 29.0 Å². The van der Waals surface area contributed by atoms with Crippen LogP contribution in [-0.4, -0.2) is 264 Å². The smallest absolute Gasteiger partial charge is 0.248 e. The third-order valence-corrected chi connectivity index (χ3v) is 33.7. The molecule has 0 unspecified atom stereocenters. The molecule has 8 saturated carbocycles. The number of ether oxygens (including phenoxy) is 4. The second-order valence-corrected chi connectivity index (χ2v) is 43.5. The normalized spacial score (nSPS) is 26.5. The Morgan fingerprint density at radius 1 is 0.423 bits per heavy atom. The standard InChI is InChI=1S/C97H112F4N24O13S4/c1-8-52-26-65-71(61(113-52)39-136-81-60(23-49(36-127)75(81)131)117-85-69(88-118-70-44(6)102-17-12-62(70)139-88)43(5)111-93(125-85)106-32-46-27-96(28-46)15-16-96)119-89(142-65)66-40(2)112-95(108-34-54-55(98)10-9-11-56(54)99)124-83(66)115-58-24-50(37-128)79(77(58)133)137-87-73-64(14-19-104-87)141-91(121-73)68-42(4)110-94(107-33-47-29-97(100,101)30-47)123-84(68)116-59-25-51(38-129)80(78(59)134)138-86-72-63(13-18-103-86)140-90(120-72)67-41(3)109-92(105-31-45-20-53(21-45)135-7)122-82(67)114-57-22-48(35-126)74(130)76(57)132/h9-14,17-19,26,45-51,53,57-60,74-81,126-134H,8,15-16,20-25,27-39H2,1-7H3,(H2,105,109,114,122)(H2,106,111,117,125)(H2,107,110,116,123)(H2,108,112,115,124)/t45?,48-,49-,50-,51-,53?,57-,58-,59-,60-,74-,75-,76+,77+,78+,79-,80-,81+/m1/s1. The summed E-state index contributed by atoms with van der Waals surface area (Å²) in [7, 11) is 1.70. The van der Waals surface area contributed by atoms with Gasteiger partial charge in [-0.3, -0.25) is 9.97 Å². The van der Waals surface area contributed by atoms with Crippen molar-refractivity contribution in [3.8, 4) is 54.0 Å². The van der Waals surface area contributed by atoms with Crippen molar-refractivity contribution in [3.05, 3.63) is 118 Å². The molecular weight excluding hydrogens is 1910 g/mol. The van der Waals surface area contributed by atoms with Crippen LogP contribution in [0.25, 0.3) is 83.2 Å². The molecule has 0 bridgehead atoms. The molecule has 0 saturated heterocycles. The molecule has 1 aromatic carbocycles. The zero-order valence-corrected chi connectivity index (χ0v) is 82.1. The Hall–Kier alpha value is -11.0. The van der Waals surface area contributed by atoms with Crippen molar-refractivity contribution in [2.24, 2.45) is 46.8 Å². The summed E-state index contributed by atoms with van der Waals surface area (Å²) in [5.74, 6) is -4.51. The maximum atomic E-state index is 15.4. The van der Waals surface area contributed by atoms with Crippen molar-refractivity contribution < 1.29 is 82.5 Å². The molecule has 8 aliphatic rings. The van der Waals surface area contributed by atoms with Gasteiger partial charge in [0.05, 0.1) is 124 Å². The maximum absolute atomic E-state index is 15.4. The number of fused-ring (bicyclic) bond motifs is 4. The Morgan fingerprint density at radius 2 is 0.838 bits per heavy atom. The number of hydrogen-bond acceptors (Lipinski definition) is 41. The van der Waals surface area contributed by atoms with Crippen molar-refractivity contribution in [2.75, 3.05) is 95.7 Å². The average molecular weight is 2030 g/mol. The maximum Gasteiger partial charge on any atom is 0.248 e. The van der Waals surface area contributed by atoms with Gasteiger partial charge in [0, 0.05) is 126 Å². The van der Waals surface area contributed by atoms with Gasteiger partial charge in [-0.25, -0.2) is 67.4 Å². The summed E-state index contributed by atoms with van der Waals surface area (Å²) in [5.41, 5.74) is 7.97. The number of alkyl halides is 2. The summed E-state index contributed by atoms with van der Waals surface area (Å²) in [6, 6.07) is 7.81. The van der Waals surface area contributed by atoms with Crippen LogP contribution in [0.1, 0.15) is 129 Å². The third kappa shape index (κ3) is 19.3. The summed E-state index contributed by atoms with van der Waals surface area (Å²) in [6.07, 6.45) is 2.81. The Bertz CT molecular complexity index is 6850. The molecule has 1 spiro atoms. The molecule has 17 N–H and O–H groups in total. The SMILES string of the molecule is CCc1cc2sc(-c3c(C)nc(NCc4c(F)cccc4F)nc3N[C@@H]3C[C@H](CO)[C@@H](Oc4nccc5sc(-c6c(C)nc(NCC7CC(F)(F)C7)nc6N[C@@H]6C[C@H](CO)[C@@H](Oc7nccc8sc(-c9c(C)nc(NCC%10CC(OC)C%10)nc9N[C@@H]9C[C@H](CO)[C@@H](O)[C@H]9O)nc78)[C@H]6O)nc45)[C@H]3O)nc2c(CO[C@@H]2[C@H](O)[C@@H](CO)C[C@H]2Nc2nc(NCC3CC4(CC4)C3)nc(C)c2-c2nc3c(C)nccc3s2)n1. The van der Waals surface area contributed by atoms with Gasteiger partial charge >= 0.3 is 0 Å². The lowest BCUT2D eigenvalue weighted by Gasteiger charge is -2.36. The molecule has 16 atom stereocenters. The lowest BCUT2D eigenvalue weighted by atomic mass is 9.72. The van der Waals surface area contributed by atoms with Crippen molar-refractivity contribution in [3.63, 3.8) is 0 Å². The van der Waals surface area contributed by atoms with Crippen molar-refractivity contribution >= 4 is 133 Å². The molecule has 8 fully saturated rings. The molecule has 142 heavy (non-hydrogen) atoms. The van der Waals surface area contributed by atoms with E-state index in [9.17, 15) is 54.7 Å². The summed E-state index contributed by atoms with van der Waals surface area (Å²) >= 11 is 5.35. The molecule has 8 aliphatic carbocycles. The number of benzene rings is 1. The number of nitrogens with one attached hydrogen (secondary N) is 8. The van der Waals surface area contributed by atoms with Crippen LogP contribution in [0, 0.1) is 93.1 Å². The molecule has 0 aliphatic heterocycles. The van der Waals surface area contributed by atoms with Crippen LogP contribution in [0.2, 0.25) is 0 Å². The van der Waals surface area contributed by atoms with E-state index < -0.39 is 127 Å². The molecule has 13 aromatic rings. The van der Waals surface area contributed by atoms with E-state index in [1.807, 2.05) is 39.8 Å². The van der Waals surface area contributed by atoms with Gasteiger partial charge < -0.3 is 107 Å². The zero-order chi connectivity index (χ0) is 98.6. The van der Waals surface area contributed by atoms with Crippen LogP contribution in [0.3, 0.4) is 0 Å². The highest BCUT2D eigenvalue weighted by atomic mass is 32.1. The van der Waals surface area contributed by atoms with Crippen LogP contribution in [0.5, 0.6) is 11.8 Å². The molecule has 21 rings (SSSR count). The molecule has 0 amide bonds. The molecule has 0 radical (unpaired) electrons. The quantitative estimate of drug-likeness (QED) is 0.0161. The Morgan fingerprint density at radius 3 is 1.30 bits per heavy atom. The fourth-order valence-corrected chi connectivity index (χ4v) is 25.8. The molecule has 750 valence electrons. The number of aliphatic hydroxyl groups is 9. The predicted octanol–water partition coefficient (Wildman–Crippen LogP) is 11.9. The minimum absolute atomic E-state index is 0.00851. The van der Waals surface area contributed by atoms with E-state index >= 15 is 8.78 Å². The first-order valence-corrected chi connectivity index (χ1v) is 51.6. The van der Waals surface area contributed by atoms with Gasteiger partial charge in [0.1, 0.15) is 114 Å². The number of halogens is 4. The molecule has 45 heteroatoms. The van der Waals surface area contributed by atoms with Crippen molar-refractivity contribution in [2.45, 2.75) is 223 Å². The lowest BCUT2D eigenvalue weighted by molar-refractivity contribution is -0.106. The van der Waals surface area contributed by atoms with Crippen LogP contribution < -0.4 is 52.0 Å². The fraction of sp³-hybridized carbons (Fsp3) is 0.526. The highest BCUT2D eigenvalue weighted by Crippen LogP contribution is 2.63. The minimum Gasteiger partial charge on any atom is -0.470 e. The number of aliphatic hydroxyl groups excluding tert-OH is 9. The first kappa shape index (κ1) is 97.1. The van der Waals surface area contributed by atoms with Crippen molar-refractivity contribution in [1.82, 2.24) is 79.7 Å². The predicted molar refractivity (Wildman–Crippen MR) is 529 cm³/mol. The number of methoxy groups -OCH3 is 1. The van der Waals surface area contributed by atoms with Crippen LogP contribution in [0.15, 0.2) is 61.1 Å². The second kappa shape index (κ2) is 39.8. The number of nitrogens with zero attached hydrogens (tertiary/aromatic N) is 16. The molecule has 12 aromatic heterocycles. The number of anilines is 8. The molecule has 37 nitrogen and oxygen atoms in total. The first-order chi connectivity index (χ1) is 68.6. The van der Waals surface area contributed by atoms with Crippen LogP contribution >= 0.6 is 45.3 Å². The van der Waals surface area contributed by atoms with Gasteiger partial charge in [0.2, 0.25) is 41.5 Å². The number of pyridine rings is 4.